The Balaban J connectivity index is 2.14. The number of hydrogen-bond acceptors (Lipinski definition) is 2. The monoisotopic (exact) mass is 230 g/mol. The topological polar surface area (TPSA) is 37.0 Å². The summed E-state index contributed by atoms with van der Waals surface area (Å²) in [7, 11) is 3.77. The second-order valence-corrected chi connectivity index (χ2v) is 4.69. The zero-order valence-electron chi connectivity index (χ0n) is 10.3. The zero-order valence-corrected chi connectivity index (χ0v) is 10.3. The lowest BCUT2D eigenvalue weighted by Gasteiger charge is -2.21. The van der Waals surface area contributed by atoms with Crippen molar-refractivity contribution in [2.75, 3.05) is 14.2 Å². The number of aromatic nitrogens is 1. The van der Waals surface area contributed by atoms with Crippen LogP contribution < -0.4 is 10.1 Å². The second-order valence-electron chi connectivity index (χ2n) is 4.69. The van der Waals surface area contributed by atoms with Crippen molar-refractivity contribution in [2.24, 2.45) is 0 Å². The van der Waals surface area contributed by atoms with E-state index in [1.165, 1.54) is 23.1 Å². The molecule has 1 atom stereocenters. The van der Waals surface area contributed by atoms with Crippen LogP contribution in [0.1, 0.15) is 17.7 Å². The van der Waals surface area contributed by atoms with E-state index in [0.29, 0.717) is 6.04 Å². The minimum Gasteiger partial charge on any atom is -0.495 e. The quantitative estimate of drug-likeness (QED) is 0.830. The van der Waals surface area contributed by atoms with Gasteiger partial charge in [0.1, 0.15) is 5.75 Å². The van der Waals surface area contributed by atoms with Crippen molar-refractivity contribution in [1.82, 2.24) is 10.3 Å². The van der Waals surface area contributed by atoms with Crippen molar-refractivity contribution in [3.05, 3.63) is 29.5 Å². The van der Waals surface area contributed by atoms with E-state index in [2.05, 4.69) is 22.4 Å². The summed E-state index contributed by atoms with van der Waals surface area (Å²) in [5, 5.41) is 4.69. The van der Waals surface area contributed by atoms with Crippen LogP contribution >= 0.6 is 0 Å². The van der Waals surface area contributed by atoms with Crippen LogP contribution in [-0.2, 0) is 12.8 Å². The molecule has 1 aromatic heterocycles. The fourth-order valence-electron chi connectivity index (χ4n) is 2.84. The number of ether oxygens (including phenoxy) is 1. The van der Waals surface area contributed by atoms with Crippen LogP contribution in [0.5, 0.6) is 5.75 Å². The van der Waals surface area contributed by atoms with Crippen LogP contribution in [0.15, 0.2) is 18.2 Å². The molecule has 1 aliphatic rings. The normalized spacial score (nSPS) is 19.3. The maximum absolute atomic E-state index is 5.41. The zero-order chi connectivity index (χ0) is 11.8. The van der Waals surface area contributed by atoms with Gasteiger partial charge in [0.2, 0.25) is 0 Å². The average Bonchev–Trinajstić information content (AvgIpc) is 2.75. The van der Waals surface area contributed by atoms with Gasteiger partial charge in [0.05, 0.1) is 12.6 Å². The van der Waals surface area contributed by atoms with Gasteiger partial charge in [-0.05, 0) is 31.5 Å². The van der Waals surface area contributed by atoms with E-state index < -0.39 is 0 Å². The molecular formula is C14H18N2O. The van der Waals surface area contributed by atoms with Gasteiger partial charge in [0.15, 0.2) is 0 Å². The minimum atomic E-state index is 0.599. The molecule has 0 spiro atoms. The van der Waals surface area contributed by atoms with E-state index >= 15 is 0 Å². The molecule has 2 aromatic rings. The molecular weight excluding hydrogens is 212 g/mol. The van der Waals surface area contributed by atoms with Crippen molar-refractivity contribution >= 4 is 10.9 Å². The third-order valence-electron chi connectivity index (χ3n) is 3.81. The lowest BCUT2D eigenvalue weighted by atomic mass is 9.92. The molecule has 17 heavy (non-hydrogen) atoms. The molecule has 0 saturated carbocycles. The molecule has 0 amide bonds. The molecule has 0 fully saturated rings. The molecule has 1 heterocycles. The Morgan fingerprint density at radius 3 is 3.06 bits per heavy atom. The predicted octanol–water partition coefficient (Wildman–Crippen LogP) is 2.25. The number of para-hydroxylation sites is 1. The van der Waals surface area contributed by atoms with E-state index in [9.17, 15) is 0 Å². The van der Waals surface area contributed by atoms with Crippen LogP contribution in [0.2, 0.25) is 0 Å². The number of likely N-dealkylation sites (N-methyl/N-ethyl adjacent to an activating group) is 1. The number of rotatable bonds is 2. The Kier molecular flexibility index (Phi) is 2.56. The minimum absolute atomic E-state index is 0.599. The van der Waals surface area contributed by atoms with E-state index in [1.807, 2.05) is 13.1 Å². The van der Waals surface area contributed by atoms with E-state index in [1.54, 1.807) is 7.11 Å². The Bertz CT molecular complexity index is 544. The highest BCUT2D eigenvalue weighted by Crippen LogP contribution is 2.33. The summed E-state index contributed by atoms with van der Waals surface area (Å²) in [6.07, 6.45) is 3.45. The molecule has 1 aliphatic carbocycles. The van der Waals surface area contributed by atoms with Gasteiger partial charge in [-0.3, -0.25) is 0 Å². The summed E-state index contributed by atoms with van der Waals surface area (Å²) in [5.74, 6) is 0.943. The van der Waals surface area contributed by atoms with E-state index in [0.717, 1.165) is 24.1 Å². The molecule has 3 rings (SSSR count). The van der Waals surface area contributed by atoms with Gasteiger partial charge in [-0.15, -0.1) is 0 Å². The number of H-pyrrole nitrogens is 1. The van der Waals surface area contributed by atoms with Crippen LogP contribution in [-0.4, -0.2) is 25.2 Å². The lowest BCUT2D eigenvalue weighted by Crippen LogP contribution is -2.31. The number of aryl methyl sites for hydroxylation is 1. The van der Waals surface area contributed by atoms with Gasteiger partial charge in [-0.1, -0.05) is 12.1 Å². The van der Waals surface area contributed by atoms with Crippen molar-refractivity contribution in [2.45, 2.75) is 25.3 Å². The van der Waals surface area contributed by atoms with Crippen LogP contribution in [0.4, 0.5) is 0 Å². The van der Waals surface area contributed by atoms with Crippen molar-refractivity contribution in [1.29, 1.82) is 0 Å². The number of nitrogens with one attached hydrogen (secondary N) is 2. The van der Waals surface area contributed by atoms with Crippen LogP contribution in [0.3, 0.4) is 0 Å². The highest BCUT2D eigenvalue weighted by atomic mass is 16.5. The van der Waals surface area contributed by atoms with E-state index in [4.69, 9.17) is 4.74 Å². The summed E-state index contributed by atoms with van der Waals surface area (Å²) < 4.78 is 5.41. The first-order valence-electron chi connectivity index (χ1n) is 6.17. The molecule has 3 heteroatoms. The number of methoxy groups -OCH3 is 1. The summed E-state index contributed by atoms with van der Waals surface area (Å²) in [6.45, 7) is 0. The molecule has 0 saturated heterocycles. The molecule has 0 radical (unpaired) electrons. The smallest absolute Gasteiger partial charge is 0.142 e. The second kappa shape index (κ2) is 4.08. The molecule has 0 bridgehead atoms. The van der Waals surface area contributed by atoms with Crippen molar-refractivity contribution < 1.29 is 4.74 Å². The van der Waals surface area contributed by atoms with Crippen molar-refractivity contribution in [3.8, 4) is 5.75 Å². The number of fused-ring (bicyclic) bond motifs is 3. The van der Waals surface area contributed by atoms with Gasteiger partial charge in [-0.25, -0.2) is 0 Å². The first-order valence-corrected chi connectivity index (χ1v) is 6.17. The summed E-state index contributed by atoms with van der Waals surface area (Å²) in [6, 6.07) is 6.87. The van der Waals surface area contributed by atoms with Gasteiger partial charge in [0.25, 0.3) is 0 Å². The molecule has 3 nitrogen and oxygen atoms in total. The van der Waals surface area contributed by atoms with Gasteiger partial charge < -0.3 is 15.0 Å². The third kappa shape index (κ3) is 1.62. The number of aromatic amines is 1. The largest absolute Gasteiger partial charge is 0.495 e. The first-order chi connectivity index (χ1) is 8.33. The first kappa shape index (κ1) is 10.7. The molecule has 2 N–H and O–H groups in total. The number of benzene rings is 1. The highest BCUT2D eigenvalue weighted by molar-refractivity contribution is 5.89. The summed E-state index contributed by atoms with van der Waals surface area (Å²) >= 11 is 0. The van der Waals surface area contributed by atoms with Crippen LogP contribution in [0.25, 0.3) is 10.9 Å². The lowest BCUT2D eigenvalue weighted by molar-refractivity contribution is 0.419. The number of hydrogen-bond donors (Lipinski definition) is 2. The van der Waals surface area contributed by atoms with Crippen LogP contribution in [0, 0.1) is 0 Å². The van der Waals surface area contributed by atoms with Gasteiger partial charge in [-0.2, -0.15) is 0 Å². The van der Waals surface area contributed by atoms with Gasteiger partial charge in [0, 0.05) is 23.5 Å². The fraction of sp³-hybridized carbons (Fsp3) is 0.429. The summed E-state index contributed by atoms with van der Waals surface area (Å²) in [5.41, 5.74) is 4.00. The molecule has 0 aliphatic heterocycles. The Morgan fingerprint density at radius 1 is 1.41 bits per heavy atom. The third-order valence-corrected chi connectivity index (χ3v) is 3.81. The van der Waals surface area contributed by atoms with Crippen molar-refractivity contribution in [3.63, 3.8) is 0 Å². The maximum atomic E-state index is 5.41. The standard InChI is InChI=1S/C14H18N2O/c1-15-9-6-7-10-11-4-3-5-13(17-2)14(11)16-12(10)8-9/h3-5,9,15-16H,6-8H2,1-2H3. The SMILES string of the molecule is CNC1CCc2c([nH]c3c(OC)cccc23)C1. The molecule has 90 valence electrons. The average molecular weight is 230 g/mol. The maximum Gasteiger partial charge on any atom is 0.142 e. The molecule has 1 aromatic carbocycles. The Hall–Kier alpha value is -1.48. The Labute approximate surface area is 101 Å². The predicted molar refractivity (Wildman–Crippen MR) is 69.7 cm³/mol. The van der Waals surface area contributed by atoms with E-state index in [-0.39, 0.29) is 0 Å². The summed E-state index contributed by atoms with van der Waals surface area (Å²) in [4.78, 5) is 3.53. The van der Waals surface area contributed by atoms with Gasteiger partial charge >= 0.3 is 0 Å². The highest BCUT2D eigenvalue weighted by Gasteiger charge is 2.22. The fourth-order valence-corrected chi connectivity index (χ4v) is 2.84. The Morgan fingerprint density at radius 2 is 2.29 bits per heavy atom. The molecule has 1 unspecified atom stereocenters.